The molecule has 3 rings (SSSR count). The topological polar surface area (TPSA) is 111 Å². The summed E-state index contributed by atoms with van der Waals surface area (Å²) in [6.07, 6.45) is 1.47. The molecule has 2 N–H and O–H groups in total. The van der Waals surface area contributed by atoms with E-state index < -0.39 is 24.5 Å². The van der Waals surface area contributed by atoms with Crippen LogP contribution >= 0.6 is 11.3 Å². The number of nitrogens with one attached hydrogen (secondary N) is 2. The number of aromatic nitrogens is 1. The number of carbonyl (C=O) groups is 3. The molecule has 0 spiro atoms. The zero-order valence-corrected chi connectivity index (χ0v) is 14.8. The minimum absolute atomic E-state index is 0.105. The molecular weight excluding hydrogens is 370 g/mol. The van der Waals surface area contributed by atoms with Gasteiger partial charge in [-0.25, -0.2) is 14.6 Å². The van der Waals surface area contributed by atoms with Crippen molar-refractivity contribution in [2.75, 3.05) is 6.61 Å². The van der Waals surface area contributed by atoms with Crippen LogP contribution in [0.4, 0.5) is 4.79 Å². The molecule has 0 fully saturated rings. The lowest BCUT2D eigenvalue weighted by Crippen LogP contribution is -2.41. The number of carbonyl (C=O) groups excluding carboxylic acids is 3. The lowest BCUT2D eigenvalue weighted by Gasteiger charge is -2.06. The van der Waals surface area contributed by atoms with Crippen molar-refractivity contribution in [2.24, 2.45) is 0 Å². The van der Waals surface area contributed by atoms with E-state index in [0.29, 0.717) is 10.8 Å². The first-order valence-corrected chi connectivity index (χ1v) is 8.78. The fourth-order valence-corrected chi connectivity index (χ4v) is 2.87. The Labute approximate surface area is 158 Å². The molecule has 0 aliphatic carbocycles. The van der Waals surface area contributed by atoms with Gasteiger partial charge in [-0.05, 0) is 12.1 Å². The molecule has 0 saturated heterocycles. The molecule has 0 aliphatic rings. The number of urea groups is 1. The molecule has 0 unspecified atom stereocenters. The van der Waals surface area contributed by atoms with Crippen LogP contribution in [0.15, 0.2) is 58.5 Å². The molecule has 2 heterocycles. The predicted octanol–water partition coefficient (Wildman–Crippen LogP) is 2.59. The quantitative estimate of drug-likeness (QED) is 0.631. The third-order valence-corrected chi connectivity index (χ3v) is 4.22. The van der Waals surface area contributed by atoms with Gasteiger partial charge in [0, 0.05) is 10.9 Å². The second kappa shape index (κ2) is 8.77. The monoisotopic (exact) mass is 385 g/mol. The maximum atomic E-state index is 12.0. The van der Waals surface area contributed by atoms with E-state index in [4.69, 9.17) is 9.15 Å². The largest absolute Gasteiger partial charge is 0.467 e. The van der Waals surface area contributed by atoms with Crippen molar-refractivity contribution >= 4 is 29.2 Å². The standard InChI is InChI=1S/C18H15N3O5S/c22-15(21-18(24)19-9-13-7-4-8-25-13)10-26-17(23)14-11-27-16(20-14)12-5-2-1-3-6-12/h1-8,11H,9-10H2,(H2,19,21,22,24). The zero-order valence-electron chi connectivity index (χ0n) is 14.0. The molecule has 3 amide bonds. The fourth-order valence-electron chi connectivity index (χ4n) is 2.07. The van der Waals surface area contributed by atoms with Gasteiger partial charge >= 0.3 is 12.0 Å². The third-order valence-electron chi connectivity index (χ3n) is 3.32. The highest BCUT2D eigenvalue weighted by Crippen LogP contribution is 2.23. The summed E-state index contributed by atoms with van der Waals surface area (Å²) in [5.41, 5.74) is 0.987. The van der Waals surface area contributed by atoms with Crippen LogP contribution in [0, 0.1) is 0 Å². The Balaban J connectivity index is 1.44. The second-order valence-corrected chi connectivity index (χ2v) is 6.15. The summed E-state index contributed by atoms with van der Waals surface area (Å²) in [5.74, 6) is -0.944. The van der Waals surface area contributed by atoms with Gasteiger partial charge in [0.05, 0.1) is 12.8 Å². The highest BCUT2D eigenvalue weighted by molar-refractivity contribution is 7.13. The summed E-state index contributed by atoms with van der Waals surface area (Å²) in [5, 5.41) is 6.72. The number of imide groups is 1. The van der Waals surface area contributed by atoms with E-state index in [-0.39, 0.29) is 12.2 Å². The van der Waals surface area contributed by atoms with Gasteiger partial charge in [-0.2, -0.15) is 0 Å². The Bertz CT molecular complexity index is 922. The van der Waals surface area contributed by atoms with Crippen molar-refractivity contribution in [3.8, 4) is 10.6 Å². The van der Waals surface area contributed by atoms with E-state index in [1.54, 1.807) is 17.5 Å². The number of hydrogen-bond donors (Lipinski definition) is 2. The number of nitrogens with zero attached hydrogens (tertiary/aromatic N) is 1. The van der Waals surface area contributed by atoms with Crippen LogP contribution in [0.25, 0.3) is 10.6 Å². The van der Waals surface area contributed by atoms with E-state index in [0.717, 1.165) is 5.56 Å². The van der Waals surface area contributed by atoms with Crippen LogP contribution in [0.5, 0.6) is 0 Å². The van der Waals surface area contributed by atoms with Gasteiger partial charge < -0.3 is 14.5 Å². The van der Waals surface area contributed by atoms with Gasteiger partial charge in [0.2, 0.25) is 0 Å². The Morgan fingerprint density at radius 2 is 1.93 bits per heavy atom. The van der Waals surface area contributed by atoms with Crippen LogP contribution in [0.2, 0.25) is 0 Å². The van der Waals surface area contributed by atoms with Crippen molar-refractivity contribution in [3.63, 3.8) is 0 Å². The van der Waals surface area contributed by atoms with E-state index in [2.05, 4.69) is 15.6 Å². The van der Waals surface area contributed by atoms with Gasteiger partial charge in [-0.1, -0.05) is 30.3 Å². The zero-order chi connectivity index (χ0) is 19.1. The summed E-state index contributed by atoms with van der Waals surface area (Å²) in [6, 6.07) is 12.0. The number of thiazole rings is 1. The van der Waals surface area contributed by atoms with E-state index in [9.17, 15) is 14.4 Å². The number of esters is 1. The molecule has 0 saturated carbocycles. The maximum Gasteiger partial charge on any atom is 0.358 e. The molecule has 27 heavy (non-hydrogen) atoms. The van der Waals surface area contributed by atoms with E-state index >= 15 is 0 Å². The number of hydrogen-bond acceptors (Lipinski definition) is 7. The molecule has 0 atom stereocenters. The van der Waals surface area contributed by atoms with Gasteiger partial charge in [-0.3, -0.25) is 10.1 Å². The third kappa shape index (κ3) is 5.25. The average Bonchev–Trinajstić information content (AvgIpc) is 3.37. The SMILES string of the molecule is O=C(COC(=O)c1csc(-c2ccccc2)n1)NC(=O)NCc1ccco1. The number of ether oxygens (including phenoxy) is 1. The van der Waals surface area contributed by atoms with Crippen molar-refractivity contribution in [3.05, 3.63) is 65.6 Å². The molecule has 0 bridgehead atoms. The molecule has 3 aromatic rings. The van der Waals surface area contributed by atoms with Crippen LogP contribution in [-0.4, -0.2) is 29.5 Å². The summed E-state index contributed by atoms with van der Waals surface area (Å²) in [6.45, 7) is -0.460. The van der Waals surface area contributed by atoms with Crippen molar-refractivity contribution in [2.45, 2.75) is 6.54 Å². The van der Waals surface area contributed by atoms with Crippen molar-refractivity contribution in [1.82, 2.24) is 15.6 Å². The molecule has 1 aromatic carbocycles. The number of furan rings is 1. The second-order valence-electron chi connectivity index (χ2n) is 5.29. The Morgan fingerprint density at radius 1 is 1.11 bits per heavy atom. The lowest BCUT2D eigenvalue weighted by molar-refractivity contribution is -0.123. The summed E-state index contributed by atoms with van der Waals surface area (Å²) in [7, 11) is 0. The molecule has 0 aliphatic heterocycles. The molecule has 8 nitrogen and oxygen atoms in total. The first-order chi connectivity index (χ1) is 13.1. The lowest BCUT2D eigenvalue weighted by atomic mass is 10.2. The molecular formula is C18H15N3O5S. The van der Waals surface area contributed by atoms with Gasteiger partial charge in [0.25, 0.3) is 5.91 Å². The minimum Gasteiger partial charge on any atom is -0.467 e. The summed E-state index contributed by atoms with van der Waals surface area (Å²) >= 11 is 1.30. The average molecular weight is 385 g/mol. The highest BCUT2D eigenvalue weighted by atomic mass is 32.1. The Morgan fingerprint density at radius 3 is 2.67 bits per heavy atom. The summed E-state index contributed by atoms with van der Waals surface area (Å²) in [4.78, 5) is 39.5. The van der Waals surface area contributed by atoms with Crippen molar-refractivity contribution in [1.29, 1.82) is 0 Å². The number of amides is 3. The van der Waals surface area contributed by atoms with E-state index in [1.807, 2.05) is 30.3 Å². The van der Waals surface area contributed by atoms with Crippen LogP contribution < -0.4 is 10.6 Å². The maximum absolute atomic E-state index is 12.0. The molecule has 2 aromatic heterocycles. The van der Waals surface area contributed by atoms with Gasteiger partial charge in [-0.15, -0.1) is 11.3 Å². The van der Waals surface area contributed by atoms with E-state index in [1.165, 1.54) is 17.6 Å². The highest BCUT2D eigenvalue weighted by Gasteiger charge is 2.16. The molecule has 0 radical (unpaired) electrons. The first kappa shape index (κ1) is 18.3. The molecule has 9 heteroatoms. The molecule has 138 valence electrons. The first-order valence-electron chi connectivity index (χ1n) is 7.90. The minimum atomic E-state index is -0.751. The Kier molecular flexibility index (Phi) is 5.95. The number of benzene rings is 1. The van der Waals surface area contributed by atoms with Crippen LogP contribution in [-0.2, 0) is 16.1 Å². The van der Waals surface area contributed by atoms with Gasteiger partial charge in [0.1, 0.15) is 10.8 Å². The fraction of sp³-hybridized carbons (Fsp3) is 0.111. The Hall–Kier alpha value is -3.46. The van der Waals surface area contributed by atoms with Gasteiger partial charge in [0.15, 0.2) is 12.3 Å². The predicted molar refractivity (Wildman–Crippen MR) is 96.9 cm³/mol. The smallest absolute Gasteiger partial charge is 0.358 e. The van der Waals surface area contributed by atoms with Crippen LogP contribution in [0.1, 0.15) is 16.2 Å². The normalized spacial score (nSPS) is 10.2. The van der Waals surface area contributed by atoms with Crippen LogP contribution in [0.3, 0.4) is 0 Å². The number of rotatable bonds is 6. The van der Waals surface area contributed by atoms with Crippen molar-refractivity contribution < 1.29 is 23.5 Å². The summed E-state index contributed by atoms with van der Waals surface area (Å²) < 4.78 is 9.93.